The normalized spacial score (nSPS) is 12.6. The summed E-state index contributed by atoms with van der Waals surface area (Å²) in [5.41, 5.74) is -5.22. The molecule has 0 amide bonds. The molecule has 0 unspecified atom stereocenters. The zero-order chi connectivity index (χ0) is 14.6. The monoisotopic (exact) mass is 289 g/mol. The lowest BCUT2D eigenvalue weighted by molar-refractivity contribution is -0.139. The van der Waals surface area contributed by atoms with Crippen molar-refractivity contribution in [3.8, 4) is 0 Å². The van der Waals surface area contributed by atoms with E-state index >= 15 is 0 Å². The van der Waals surface area contributed by atoms with Gasteiger partial charge in [-0.15, -0.1) is 0 Å². The van der Waals surface area contributed by atoms with Gasteiger partial charge in [-0.1, -0.05) is 20.4 Å². The molecule has 1 N–H and O–H groups in total. The summed E-state index contributed by atoms with van der Waals surface area (Å²) >= 11 is 0. The number of halogens is 3. The largest absolute Gasteiger partial charge is 0.511 e. The van der Waals surface area contributed by atoms with Crippen molar-refractivity contribution in [2.75, 3.05) is 13.2 Å². The molecule has 0 aliphatic heterocycles. The van der Waals surface area contributed by atoms with Crippen LogP contribution in [0.1, 0.15) is 13.8 Å². The molecule has 0 aliphatic rings. The number of rotatable bonds is 6. The van der Waals surface area contributed by atoms with E-state index in [1.807, 2.05) is 0 Å². The number of hydrogen-bond acceptors (Lipinski definition) is 4. The summed E-state index contributed by atoms with van der Waals surface area (Å²) < 4.78 is 62.5. The lowest BCUT2D eigenvalue weighted by Gasteiger charge is -2.11. The lowest BCUT2D eigenvalue weighted by Crippen LogP contribution is -2.38. The van der Waals surface area contributed by atoms with Gasteiger partial charge in [-0.05, 0) is 5.92 Å². The van der Waals surface area contributed by atoms with Crippen LogP contribution in [0.4, 0.5) is 13.2 Å². The van der Waals surface area contributed by atoms with Gasteiger partial charge < -0.3 is 4.74 Å². The molecule has 0 fully saturated rings. The second-order valence-electron chi connectivity index (χ2n) is 3.66. The van der Waals surface area contributed by atoms with Crippen molar-refractivity contribution in [2.24, 2.45) is 5.92 Å². The predicted octanol–water partition coefficient (Wildman–Crippen LogP) is 1.18. The number of ether oxygens (including phenoxy) is 1. The van der Waals surface area contributed by atoms with Gasteiger partial charge >= 0.3 is 21.5 Å². The molecule has 5 nitrogen and oxygen atoms in total. The molecule has 106 valence electrons. The molecule has 0 atom stereocenters. The molecular weight excluding hydrogens is 275 g/mol. The average Bonchev–Trinajstić information content (AvgIpc) is 2.21. The van der Waals surface area contributed by atoms with Gasteiger partial charge in [0.25, 0.3) is 0 Å². The average molecular weight is 289 g/mol. The highest BCUT2D eigenvalue weighted by Crippen LogP contribution is 2.21. The fourth-order valence-corrected chi connectivity index (χ4v) is 1.25. The first-order valence-corrected chi connectivity index (χ1v) is 6.39. The highest BCUT2D eigenvalue weighted by Gasteiger charge is 2.45. The summed E-state index contributed by atoms with van der Waals surface area (Å²) in [7, 11) is -5.40. The minimum Gasteiger partial charge on any atom is -0.461 e. The van der Waals surface area contributed by atoms with Crippen molar-refractivity contribution < 1.29 is 31.1 Å². The fraction of sp³-hybridized carbons (Fsp3) is 0.667. The van der Waals surface area contributed by atoms with Crippen LogP contribution in [0.2, 0.25) is 0 Å². The molecule has 0 rings (SSSR count). The van der Waals surface area contributed by atoms with Gasteiger partial charge in [0.15, 0.2) is 0 Å². The van der Waals surface area contributed by atoms with Gasteiger partial charge in [0.05, 0.1) is 0 Å². The first kappa shape index (κ1) is 16.9. The van der Waals surface area contributed by atoms with Crippen LogP contribution in [0.5, 0.6) is 0 Å². The second-order valence-corrected chi connectivity index (χ2v) is 5.42. The van der Waals surface area contributed by atoms with Crippen LogP contribution in [-0.4, -0.2) is 33.0 Å². The van der Waals surface area contributed by atoms with E-state index in [-0.39, 0.29) is 11.5 Å². The molecule has 0 saturated carbocycles. The molecule has 0 bridgehead atoms. The molecule has 0 heterocycles. The topological polar surface area (TPSA) is 72.5 Å². The second kappa shape index (κ2) is 6.19. The molecule has 0 saturated heterocycles. The molecule has 0 spiro atoms. The third kappa shape index (κ3) is 5.05. The zero-order valence-electron chi connectivity index (χ0n) is 9.87. The van der Waals surface area contributed by atoms with E-state index in [0.29, 0.717) is 0 Å². The quantitative estimate of drug-likeness (QED) is 0.453. The van der Waals surface area contributed by atoms with Crippen molar-refractivity contribution in [1.29, 1.82) is 0 Å². The number of alkyl halides is 3. The van der Waals surface area contributed by atoms with E-state index in [2.05, 4.69) is 11.3 Å². The molecule has 0 aromatic rings. The molecule has 0 aliphatic carbocycles. The van der Waals surface area contributed by atoms with Gasteiger partial charge in [-0.2, -0.15) is 13.2 Å². The van der Waals surface area contributed by atoms with Crippen LogP contribution < -0.4 is 4.72 Å². The summed E-state index contributed by atoms with van der Waals surface area (Å²) in [4.78, 5) is 11.2. The van der Waals surface area contributed by atoms with E-state index in [1.165, 1.54) is 4.72 Å². The van der Waals surface area contributed by atoms with Crippen LogP contribution in [0.15, 0.2) is 12.2 Å². The maximum absolute atomic E-state index is 11.9. The number of sulfonamides is 1. The SMILES string of the molecule is C=C(C(=O)OCCNS(=O)(=O)C(F)(F)F)C(C)C. The molecule has 18 heavy (non-hydrogen) atoms. The standard InChI is InChI=1S/C9H14F3NO4S/c1-6(2)7(3)8(14)17-5-4-13-18(15,16)9(10,11)12/h6,13H,3-5H2,1-2H3. The Morgan fingerprint density at radius 3 is 2.28 bits per heavy atom. The summed E-state index contributed by atoms with van der Waals surface area (Å²) in [6, 6.07) is 0. The van der Waals surface area contributed by atoms with Crippen LogP contribution in [0, 0.1) is 5.92 Å². The third-order valence-corrected chi connectivity index (χ3v) is 3.08. The van der Waals surface area contributed by atoms with E-state index in [9.17, 15) is 26.4 Å². The van der Waals surface area contributed by atoms with Gasteiger partial charge in [-0.3, -0.25) is 0 Å². The van der Waals surface area contributed by atoms with E-state index < -0.39 is 34.7 Å². The maximum atomic E-state index is 11.9. The highest BCUT2D eigenvalue weighted by molar-refractivity contribution is 7.90. The number of esters is 1. The predicted molar refractivity (Wildman–Crippen MR) is 57.9 cm³/mol. The Morgan fingerprint density at radius 2 is 1.89 bits per heavy atom. The summed E-state index contributed by atoms with van der Waals surface area (Å²) in [6.07, 6.45) is 0. The van der Waals surface area contributed by atoms with Crippen LogP contribution in [-0.2, 0) is 19.6 Å². The molecule has 0 radical (unpaired) electrons. The Hall–Kier alpha value is -1.09. The summed E-state index contributed by atoms with van der Waals surface area (Å²) in [5, 5.41) is 0. The van der Waals surface area contributed by atoms with E-state index in [0.717, 1.165) is 0 Å². The number of hydrogen-bond donors (Lipinski definition) is 1. The Morgan fingerprint density at radius 1 is 1.39 bits per heavy atom. The first-order chi connectivity index (χ1) is 7.99. The van der Waals surface area contributed by atoms with Crippen molar-refractivity contribution in [2.45, 2.75) is 19.4 Å². The third-order valence-electron chi connectivity index (χ3n) is 1.89. The summed E-state index contributed by atoms with van der Waals surface area (Å²) in [5.74, 6) is -0.930. The Bertz CT molecular complexity index is 414. The number of carbonyl (C=O) groups is 1. The van der Waals surface area contributed by atoms with Crippen molar-refractivity contribution in [1.82, 2.24) is 4.72 Å². The van der Waals surface area contributed by atoms with E-state index in [1.54, 1.807) is 13.8 Å². The van der Waals surface area contributed by atoms with Crippen molar-refractivity contribution in [3.05, 3.63) is 12.2 Å². The Balaban J connectivity index is 4.11. The van der Waals surface area contributed by atoms with Crippen LogP contribution in [0.25, 0.3) is 0 Å². The van der Waals surface area contributed by atoms with Gasteiger partial charge in [0.2, 0.25) is 0 Å². The number of carbonyl (C=O) groups excluding carboxylic acids is 1. The van der Waals surface area contributed by atoms with Crippen LogP contribution >= 0.6 is 0 Å². The zero-order valence-corrected chi connectivity index (χ0v) is 10.7. The minimum atomic E-state index is -5.40. The Kier molecular flexibility index (Phi) is 5.81. The van der Waals surface area contributed by atoms with Crippen molar-refractivity contribution >= 4 is 16.0 Å². The first-order valence-electron chi connectivity index (χ1n) is 4.91. The molecule has 0 aromatic heterocycles. The fourth-order valence-electron chi connectivity index (χ4n) is 0.730. The van der Waals surface area contributed by atoms with Crippen LogP contribution in [0.3, 0.4) is 0 Å². The number of nitrogens with one attached hydrogen (secondary N) is 1. The highest BCUT2D eigenvalue weighted by atomic mass is 32.2. The van der Waals surface area contributed by atoms with Gasteiger partial charge in [-0.25, -0.2) is 17.9 Å². The Labute approximate surface area is 103 Å². The van der Waals surface area contributed by atoms with E-state index in [4.69, 9.17) is 0 Å². The van der Waals surface area contributed by atoms with Gasteiger partial charge in [0.1, 0.15) is 6.61 Å². The molecule has 9 heteroatoms. The smallest absolute Gasteiger partial charge is 0.461 e. The van der Waals surface area contributed by atoms with Gasteiger partial charge in [0, 0.05) is 12.1 Å². The van der Waals surface area contributed by atoms with Crippen molar-refractivity contribution in [3.63, 3.8) is 0 Å². The lowest BCUT2D eigenvalue weighted by atomic mass is 10.1. The molecular formula is C9H14F3NO4S. The minimum absolute atomic E-state index is 0.161. The maximum Gasteiger partial charge on any atom is 0.511 e. The summed E-state index contributed by atoms with van der Waals surface area (Å²) in [6.45, 7) is 5.65. The molecule has 0 aromatic carbocycles.